The minimum atomic E-state index is 0.157. The summed E-state index contributed by atoms with van der Waals surface area (Å²) in [6.07, 6.45) is 8.38. The number of nitrogens with zero attached hydrogens (tertiary/aromatic N) is 1. The van der Waals surface area contributed by atoms with Crippen molar-refractivity contribution in [1.82, 2.24) is 5.32 Å². The van der Waals surface area contributed by atoms with E-state index in [1.54, 1.807) is 0 Å². The highest BCUT2D eigenvalue weighted by molar-refractivity contribution is 5.76. The average molecular weight is 328 g/mol. The van der Waals surface area contributed by atoms with Crippen LogP contribution in [0.1, 0.15) is 38.2 Å². The van der Waals surface area contributed by atoms with E-state index in [2.05, 4.69) is 53.6 Å². The van der Waals surface area contributed by atoms with Crippen molar-refractivity contribution in [2.24, 2.45) is 5.92 Å². The molecule has 2 aliphatic rings. The Hall–Kier alpha value is -1.81. The van der Waals surface area contributed by atoms with Gasteiger partial charge in [0.15, 0.2) is 0 Å². The molecule has 0 bridgehead atoms. The number of carbonyl (C=O) groups excluding carboxylic acids is 1. The van der Waals surface area contributed by atoms with Crippen LogP contribution >= 0.6 is 0 Å². The van der Waals surface area contributed by atoms with E-state index in [9.17, 15) is 4.79 Å². The number of carbonyl (C=O) groups is 1. The van der Waals surface area contributed by atoms with Crippen molar-refractivity contribution in [3.05, 3.63) is 42.0 Å². The molecule has 2 atom stereocenters. The van der Waals surface area contributed by atoms with Gasteiger partial charge in [0.25, 0.3) is 0 Å². The van der Waals surface area contributed by atoms with Gasteiger partial charge in [0, 0.05) is 38.3 Å². The number of amides is 1. The number of nitrogens with one attached hydrogen (secondary N) is 1. The van der Waals surface area contributed by atoms with Gasteiger partial charge in [-0.05, 0) is 42.9 Å². The number of hydrogen-bond acceptors (Lipinski definition) is 3. The molecule has 1 N–H and O–H groups in total. The summed E-state index contributed by atoms with van der Waals surface area (Å²) in [6.45, 7) is 5.49. The fraction of sp³-hybridized carbons (Fsp3) is 0.550. The maximum Gasteiger partial charge on any atom is 0.220 e. The molecular formula is C20H28N2O2. The smallest absolute Gasteiger partial charge is 0.220 e. The Labute approximate surface area is 144 Å². The minimum absolute atomic E-state index is 0.157. The highest BCUT2D eigenvalue weighted by Gasteiger charge is 2.23. The zero-order valence-electron chi connectivity index (χ0n) is 14.5. The molecule has 1 aromatic carbocycles. The van der Waals surface area contributed by atoms with E-state index >= 15 is 0 Å². The fourth-order valence-corrected chi connectivity index (χ4v) is 3.52. The molecule has 0 saturated carbocycles. The van der Waals surface area contributed by atoms with Gasteiger partial charge in [0.1, 0.15) is 0 Å². The van der Waals surface area contributed by atoms with E-state index in [-0.39, 0.29) is 5.91 Å². The lowest BCUT2D eigenvalue weighted by Gasteiger charge is -2.28. The molecule has 130 valence electrons. The number of anilines is 1. The first kappa shape index (κ1) is 17.0. The van der Waals surface area contributed by atoms with Crippen LogP contribution in [0.3, 0.4) is 0 Å². The molecule has 24 heavy (non-hydrogen) atoms. The summed E-state index contributed by atoms with van der Waals surface area (Å²) >= 11 is 0. The van der Waals surface area contributed by atoms with Gasteiger partial charge in [-0.2, -0.15) is 0 Å². The van der Waals surface area contributed by atoms with E-state index in [1.165, 1.54) is 5.69 Å². The first-order valence-electron chi connectivity index (χ1n) is 9.11. The van der Waals surface area contributed by atoms with Gasteiger partial charge >= 0.3 is 0 Å². The van der Waals surface area contributed by atoms with Crippen molar-refractivity contribution in [2.75, 3.05) is 24.6 Å². The molecule has 1 fully saturated rings. The molecule has 4 nitrogen and oxygen atoms in total. The Morgan fingerprint density at radius 3 is 2.96 bits per heavy atom. The Balaban J connectivity index is 1.46. The summed E-state index contributed by atoms with van der Waals surface area (Å²) in [6, 6.07) is 8.45. The SMILES string of the molecule is CCC1CC(CC(=O)NCc2cccc(N3CC=CC3)c2)CCO1. The van der Waals surface area contributed by atoms with Crippen LogP contribution < -0.4 is 10.2 Å². The summed E-state index contributed by atoms with van der Waals surface area (Å²) in [7, 11) is 0. The van der Waals surface area contributed by atoms with Crippen LogP contribution in [-0.2, 0) is 16.1 Å². The van der Waals surface area contributed by atoms with Gasteiger partial charge in [-0.15, -0.1) is 0 Å². The second-order valence-electron chi connectivity index (χ2n) is 6.82. The van der Waals surface area contributed by atoms with Crippen LogP contribution in [0.25, 0.3) is 0 Å². The van der Waals surface area contributed by atoms with Crippen molar-refractivity contribution in [2.45, 2.75) is 45.3 Å². The second-order valence-corrected chi connectivity index (χ2v) is 6.82. The molecule has 0 spiro atoms. The summed E-state index contributed by atoms with van der Waals surface area (Å²) in [4.78, 5) is 14.6. The normalized spacial score (nSPS) is 23.5. The number of hydrogen-bond donors (Lipinski definition) is 1. The molecule has 0 radical (unpaired) electrons. The number of benzene rings is 1. The summed E-state index contributed by atoms with van der Waals surface area (Å²) in [5.41, 5.74) is 2.38. The highest BCUT2D eigenvalue weighted by atomic mass is 16.5. The second kappa shape index (κ2) is 8.34. The van der Waals surface area contributed by atoms with E-state index in [0.29, 0.717) is 25.0 Å². The zero-order chi connectivity index (χ0) is 16.8. The van der Waals surface area contributed by atoms with E-state index in [0.717, 1.165) is 44.5 Å². The van der Waals surface area contributed by atoms with Crippen LogP contribution in [0, 0.1) is 5.92 Å². The topological polar surface area (TPSA) is 41.6 Å². The molecule has 1 saturated heterocycles. The maximum atomic E-state index is 12.2. The summed E-state index contributed by atoms with van der Waals surface area (Å²) < 4.78 is 5.69. The van der Waals surface area contributed by atoms with Gasteiger partial charge in [-0.25, -0.2) is 0 Å². The minimum Gasteiger partial charge on any atom is -0.378 e. The third-order valence-corrected chi connectivity index (χ3v) is 4.99. The molecule has 1 amide bonds. The highest BCUT2D eigenvalue weighted by Crippen LogP contribution is 2.25. The molecule has 4 heteroatoms. The van der Waals surface area contributed by atoms with E-state index in [4.69, 9.17) is 4.74 Å². The van der Waals surface area contributed by atoms with Crippen LogP contribution in [0.5, 0.6) is 0 Å². The first-order chi connectivity index (χ1) is 11.7. The Kier molecular flexibility index (Phi) is 5.91. The van der Waals surface area contributed by atoms with Gasteiger partial charge < -0.3 is 15.0 Å². The predicted octanol–water partition coefficient (Wildman–Crippen LogP) is 3.27. The predicted molar refractivity (Wildman–Crippen MR) is 97.0 cm³/mol. The van der Waals surface area contributed by atoms with E-state index in [1.807, 2.05) is 0 Å². The number of rotatable bonds is 6. The Morgan fingerprint density at radius 2 is 2.17 bits per heavy atom. The third kappa shape index (κ3) is 4.60. The molecular weight excluding hydrogens is 300 g/mol. The molecule has 0 aliphatic carbocycles. The van der Waals surface area contributed by atoms with Gasteiger partial charge in [-0.3, -0.25) is 4.79 Å². The lowest BCUT2D eigenvalue weighted by atomic mass is 9.91. The molecule has 0 aromatic heterocycles. The zero-order valence-corrected chi connectivity index (χ0v) is 14.5. The van der Waals surface area contributed by atoms with Crippen LogP contribution in [0.2, 0.25) is 0 Å². The lowest BCUT2D eigenvalue weighted by Crippen LogP contribution is -2.30. The largest absolute Gasteiger partial charge is 0.378 e. The van der Waals surface area contributed by atoms with Crippen molar-refractivity contribution < 1.29 is 9.53 Å². The first-order valence-corrected chi connectivity index (χ1v) is 9.11. The molecule has 2 aliphatic heterocycles. The quantitative estimate of drug-likeness (QED) is 0.815. The third-order valence-electron chi connectivity index (χ3n) is 4.99. The standard InChI is InChI=1S/C20H28N2O2/c1-2-19-13-16(8-11-24-19)14-20(23)21-15-17-6-5-7-18(12-17)22-9-3-4-10-22/h3-7,12,16,19H,2,8-11,13-15H2,1H3,(H,21,23). The van der Waals surface area contributed by atoms with Crippen molar-refractivity contribution in [3.63, 3.8) is 0 Å². The van der Waals surface area contributed by atoms with Crippen molar-refractivity contribution in [3.8, 4) is 0 Å². The molecule has 3 rings (SSSR count). The molecule has 2 heterocycles. The molecule has 1 aromatic rings. The average Bonchev–Trinajstić information content (AvgIpc) is 3.15. The number of ether oxygens (including phenoxy) is 1. The Bertz CT molecular complexity index is 577. The van der Waals surface area contributed by atoms with Crippen molar-refractivity contribution >= 4 is 11.6 Å². The van der Waals surface area contributed by atoms with Crippen molar-refractivity contribution in [1.29, 1.82) is 0 Å². The maximum absolute atomic E-state index is 12.2. The van der Waals surface area contributed by atoms with Gasteiger partial charge in [0.05, 0.1) is 6.10 Å². The van der Waals surface area contributed by atoms with Gasteiger partial charge in [0.2, 0.25) is 5.91 Å². The van der Waals surface area contributed by atoms with Crippen LogP contribution in [0.4, 0.5) is 5.69 Å². The molecule has 2 unspecified atom stereocenters. The summed E-state index contributed by atoms with van der Waals surface area (Å²) in [5, 5.41) is 3.08. The lowest BCUT2D eigenvalue weighted by molar-refractivity contribution is -0.123. The van der Waals surface area contributed by atoms with Gasteiger partial charge in [-0.1, -0.05) is 31.2 Å². The summed E-state index contributed by atoms with van der Waals surface area (Å²) in [5.74, 6) is 0.621. The fourth-order valence-electron chi connectivity index (χ4n) is 3.52. The van der Waals surface area contributed by atoms with E-state index < -0.39 is 0 Å². The van der Waals surface area contributed by atoms with Crippen LogP contribution in [0.15, 0.2) is 36.4 Å². The Morgan fingerprint density at radius 1 is 1.33 bits per heavy atom. The van der Waals surface area contributed by atoms with Crippen LogP contribution in [-0.4, -0.2) is 31.7 Å². The monoisotopic (exact) mass is 328 g/mol.